The average molecular weight is 245 g/mol. The lowest BCUT2D eigenvalue weighted by Gasteiger charge is -2.23. The number of furan rings is 1. The molecular formula is C14H15NO3. The van der Waals surface area contributed by atoms with Crippen LogP contribution in [0.15, 0.2) is 34.7 Å². The molecule has 2 atom stereocenters. The summed E-state index contributed by atoms with van der Waals surface area (Å²) < 4.78 is 10.9. The molecule has 18 heavy (non-hydrogen) atoms. The maximum absolute atomic E-state index is 12.5. The maximum Gasteiger partial charge on any atom is 0.207 e. The van der Waals surface area contributed by atoms with E-state index in [1.165, 1.54) is 0 Å². The van der Waals surface area contributed by atoms with Crippen LogP contribution in [0.2, 0.25) is 0 Å². The van der Waals surface area contributed by atoms with E-state index in [4.69, 9.17) is 14.9 Å². The molecule has 94 valence electrons. The minimum absolute atomic E-state index is 0.0799. The van der Waals surface area contributed by atoms with Gasteiger partial charge in [0.25, 0.3) is 0 Å². The van der Waals surface area contributed by atoms with E-state index in [0.717, 1.165) is 11.0 Å². The number of benzene rings is 1. The lowest BCUT2D eigenvalue weighted by Crippen LogP contribution is -2.44. The first-order valence-corrected chi connectivity index (χ1v) is 5.98. The fraction of sp³-hybridized carbons (Fsp3) is 0.357. The number of ether oxygens (including phenoxy) is 1. The number of hydrogen-bond donors (Lipinski definition) is 1. The van der Waals surface area contributed by atoms with Gasteiger partial charge < -0.3 is 14.9 Å². The van der Waals surface area contributed by atoms with Crippen molar-refractivity contribution in [2.24, 2.45) is 11.1 Å². The van der Waals surface area contributed by atoms with E-state index in [2.05, 4.69) is 0 Å². The van der Waals surface area contributed by atoms with E-state index in [-0.39, 0.29) is 11.8 Å². The SMILES string of the molecule is CC1(C(=O)c2cc3ccccc3o2)COCC1N. The third kappa shape index (κ3) is 1.57. The second-order valence-electron chi connectivity index (χ2n) is 5.02. The van der Waals surface area contributed by atoms with E-state index in [0.29, 0.717) is 19.0 Å². The number of para-hydroxylation sites is 1. The number of rotatable bonds is 2. The minimum atomic E-state index is -0.687. The fourth-order valence-electron chi connectivity index (χ4n) is 2.30. The van der Waals surface area contributed by atoms with Crippen molar-refractivity contribution < 1.29 is 13.9 Å². The summed E-state index contributed by atoms with van der Waals surface area (Å²) in [5.74, 6) is 0.281. The minimum Gasteiger partial charge on any atom is -0.453 e. The van der Waals surface area contributed by atoms with Crippen molar-refractivity contribution in [2.45, 2.75) is 13.0 Å². The number of hydrogen-bond acceptors (Lipinski definition) is 4. The van der Waals surface area contributed by atoms with Gasteiger partial charge >= 0.3 is 0 Å². The van der Waals surface area contributed by atoms with Crippen molar-refractivity contribution in [3.05, 3.63) is 36.1 Å². The van der Waals surface area contributed by atoms with Crippen LogP contribution in [0.25, 0.3) is 11.0 Å². The molecule has 2 N–H and O–H groups in total. The third-order valence-electron chi connectivity index (χ3n) is 3.69. The Hall–Kier alpha value is -1.65. The molecule has 4 heteroatoms. The molecule has 1 fully saturated rings. The van der Waals surface area contributed by atoms with Crippen LogP contribution in [0.5, 0.6) is 0 Å². The van der Waals surface area contributed by atoms with Crippen molar-refractivity contribution in [2.75, 3.05) is 13.2 Å². The molecule has 2 unspecified atom stereocenters. The first-order chi connectivity index (χ1) is 8.61. The summed E-state index contributed by atoms with van der Waals surface area (Å²) in [6.07, 6.45) is 0. The molecule has 2 heterocycles. The summed E-state index contributed by atoms with van der Waals surface area (Å²) in [4.78, 5) is 12.5. The normalized spacial score (nSPS) is 27.8. The first kappa shape index (κ1) is 11.4. The van der Waals surface area contributed by atoms with Crippen molar-refractivity contribution in [3.8, 4) is 0 Å². The summed E-state index contributed by atoms with van der Waals surface area (Å²) in [6.45, 7) is 2.60. The van der Waals surface area contributed by atoms with Gasteiger partial charge in [0, 0.05) is 11.4 Å². The van der Waals surface area contributed by atoms with Crippen LogP contribution in [0, 0.1) is 5.41 Å². The quantitative estimate of drug-likeness (QED) is 0.821. The Morgan fingerprint density at radius 3 is 2.89 bits per heavy atom. The van der Waals surface area contributed by atoms with E-state index in [9.17, 15) is 4.79 Å². The molecule has 0 amide bonds. The predicted molar refractivity (Wildman–Crippen MR) is 67.4 cm³/mol. The molecule has 0 spiro atoms. The molecule has 3 rings (SSSR count). The summed E-state index contributed by atoms with van der Waals surface area (Å²) in [7, 11) is 0. The van der Waals surface area contributed by atoms with Crippen LogP contribution in [-0.4, -0.2) is 25.0 Å². The second kappa shape index (κ2) is 3.93. The van der Waals surface area contributed by atoms with Gasteiger partial charge in [-0.15, -0.1) is 0 Å². The summed E-state index contributed by atoms with van der Waals surface area (Å²) in [5.41, 5.74) is 5.99. The van der Waals surface area contributed by atoms with Gasteiger partial charge in [0.2, 0.25) is 5.78 Å². The largest absolute Gasteiger partial charge is 0.453 e. The Labute approximate surface area is 105 Å². The molecule has 1 aromatic carbocycles. The zero-order valence-electron chi connectivity index (χ0n) is 10.2. The average Bonchev–Trinajstić information content (AvgIpc) is 2.94. The number of Topliss-reactive ketones (excluding diaryl/α,β-unsaturated/α-hetero) is 1. The van der Waals surface area contributed by atoms with Crippen LogP contribution in [0.1, 0.15) is 17.5 Å². The highest BCUT2D eigenvalue weighted by Crippen LogP contribution is 2.33. The van der Waals surface area contributed by atoms with Crippen LogP contribution in [-0.2, 0) is 4.74 Å². The van der Waals surface area contributed by atoms with Gasteiger partial charge in [0.1, 0.15) is 5.58 Å². The predicted octanol–water partition coefficient (Wildman–Crippen LogP) is 1.98. The molecule has 0 saturated carbocycles. The Morgan fingerprint density at radius 1 is 1.44 bits per heavy atom. The van der Waals surface area contributed by atoms with Crippen LogP contribution < -0.4 is 5.73 Å². The highest BCUT2D eigenvalue weighted by atomic mass is 16.5. The molecular weight excluding hydrogens is 230 g/mol. The fourth-order valence-corrected chi connectivity index (χ4v) is 2.30. The van der Waals surface area contributed by atoms with Gasteiger partial charge in [-0.05, 0) is 19.1 Å². The Balaban J connectivity index is 2.01. The summed E-state index contributed by atoms with van der Waals surface area (Å²) in [5, 5.41) is 0.928. The Kier molecular flexibility index (Phi) is 2.50. The molecule has 1 aliphatic rings. The smallest absolute Gasteiger partial charge is 0.207 e. The van der Waals surface area contributed by atoms with Gasteiger partial charge in [-0.1, -0.05) is 18.2 Å². The molecule has 4 nitrogen and oxygen atoms in total. The highest BCUT2D eigenvalue weighted by molar-refractivity contribution is 6.01. The Morgan fingerprint density at radius 2 is 2.22 bits per heavy atom. The van der Waals surface area contributed by atoms with Crippen molar-refractivity contribution in [3.63, 3.8) is 0 Å². The monoisotopic (exact) mass is 245 g/mol. The van der Waals surface area contributed by atoms with Gasteiger partial charge in [-0.25, -0.2) is 0 Å². The van der Waals surface area contributed by atoms with Gasteiger partial charge in [0.15, 0.2) is 5.76 Å². The maximum atomic E-state index is 12.5. The van der Waals surface area contributed by atoms with Gasteiger partial charge in [-0.2, -0.15) is 0 Å². The summed E-state index contributed by atoms with van der Waals surface area (Å²) in [6, 6.07) is 9.05. The molecule has 1 saturated heterocycles. The number of carbonyl (C=O) groups excluding carboxylic acids is 1. The lowest BCUT2D eigenvalue weighted by molar-refractivity contribution is 0.0740. The zero-order valence-corrected chi connectivity index (χ0v) is 10.2. The van der Waals surface area contributed by atoms with Crippen LogP contribution in [0.4, 0.5) is 0 Å². The molecule has 1 aromatic heterocycles. The van der Waals surface area contributed by atoms with Crippen molar-refractivity contribution in [1.29, 1.82) is 0 Å². The second-order valence-corrected chi connectivity index (χ2v) is 5.02. The van der Waals surface area contributed by atoms with Crippen molar-refractivity contribution in [1.82, 2.24) is 0 Å². The topological polar surface area (TPSA) is 65.5 Å². The Bertz CT molecular complexity index is 571. The van der Waals surface area contributed by atoms with E-state index >= 15 is 0 Å². The molecule has 0 bridgehead atoms. The first-order valence-electron chi connectivity index (χ1n) is 5.98. The highest BCUT2D eigenvalue weighted by Gasteiger charge is 2.45. The van der Waals surface area contributed by atoms with Gasteiger partial charge in [-0.3, -0.25) is 4.79 Å². The standard InChI is InChI=1S/C14H15NO3/c1-14(8-17-7-12(14)15)13(16)11-6-9-4-2-3-5-10(9)18-11/h2-6,12H,7-8,15H2,1H3. The van der Waals surface area contributed by atoms with Gasteiger partial charge in [0.05, 0.1) is 18.6 Å². The number of carbonyl (C=O) groups is 1. The van der Waals surface area contributed by atoms with Crippen LogP contribution in [0.3, 0.4) is 0 Å². The number of fused-ring (bicyclic) bond motifs is 1. The zero-order chi connectivity index (χ0) is 12.8. The van der Waals surface area contributed by atoms with E-state index < -0.39 is 5.41 Å². The van der Waals surface area contributed by atoms with Crippen LogP contribution >= 0.6 is 0 Å². The number of ketones is 1. The molecule has 2 aromatic rings. The van der Waals surface area contributed by atoms with Crippen molar-refractivity contribution >= 4 is 16.8 Å². The number of nitrogens with two attached hydrogens (primary N) is 1. The lowest BCUT2D eigenvalue weighted by atomic mass is 9.80. The molecule has 0 aliphatic carbocycles. The summed E-state index contributed by atoms with van der Waals surface area (Å²) >= 11 is 0. The van der Waals surface area contributed by atoms with E-state index in [1.807, 2.05) is 31.2 Å². The molecule has 0 radical (unpaired) electrons. The molecule has 1 aliphatic heterocycles. The third-order valence-corrected chi connectivity index (χ3v) is 3.69. The van der Waals surface area contributed by atoms with E-state index in [1.54, 1.807) is 6.07 Å².